The minimum atomic E-state index is -3.45. The Morgan fingerprint density at radius 3 is 2.48 bits per heavy atom. The molecule has 2 fully saturated rings. The van der Waals surface area contributed by atoms with Crippen molar-refractivity contribution in [3.63, 3.8) is 0 Å². The van der Waals surface area contributed by atoms with Gasteiger partial charge in [0.2, 0.25) is 5.91 Å². The van der Waals surface area contributed by atoms with Gasteiger partial charge in [-0.2, -0.15) is 4.31 Å². The first-order valence-electron chi connectivity index (χ1n) is 10.4. The molecule has 4 rings (SSSR count). The van der Waals surface area contributed by atoms with Gasteiger partial charge in [-0.15, -0.1) is 11.3 Å². The smallest absolute Gasteiger partial charge is 0.252 e. The summed E-state index contributed by atoms with van der Waals surface area (Å²) in [5, 5.41) is 3.54. The molecule has 0 atom stereocenters. The maximum atomic E-state index is 12.8. The molecule has 7 nitrogen and oxygen atoms in total. The molecule has 31 heavy (non-hydrogen) atoms. The van der Waals surface area contributed by atoms with Crippen molar-refractivity contribution >= 4 is 50.2 Å². The van der Waals surface area contributed by atoms with Crippen LogP contribution in [-0.4, -0.2) is 69.8 Å². The number of likely N-dealkylation sites (N-methyl/N-ethyl adjacent to an activating group) is 1. The van der Waals surface area contributed by atoms with Gasteiger partial charge in [-0.05, 0) is 50.2 Å². The quantitative estimate of drug-likeness (QED) is 0.684. The van der Waals surface area contributed by atoms with Crippen LogP contribution in [0, 0.1) is 0 Å². The summed E-state index contributed by atoms with van der Waals surface area (Å²) >= 11 is 7.36. The van der Waals surface area contributed by atoms with Gasteiger partial charge in [0.15, 0.2) is 0 Å². The van der Waals surface area contributed by atoms with E-state index < -0.39 is 10.0 Å². The topological polar surface area (TPSA) is 73.0 Å². The van der Waals surface area contributed by atoms with Gasteiger partial charge < -0.3 is 15.1 Å². The van der Waals surface area contributed by atoms with E-state index in [2.05, 4.69) is 22.2 Å². The maximum absolute atomic E-state index is 12.8. The fourth-order valence-corrected chi connectivity index (χ4v) is 7.13. The van der Waals surface area contributed by atoms with E-state index in [-0.39, 0.29) is 12.3 Å². The third-order valence-electron chi connectivity index (χ3n) is 5.71. The molecule has 2 saturated heterocycles. The summed E-state index contributed by atoms with van der Waals surface area (Å²) in [6, 6.07) is 8.88. The van der Waals surface area contributed by atoms with E-state index in [0.29, 0.717) is 28.0 Å². The van der Waals surface area contributed by atoms with Crippen molar-refractivity contribution in [2.24, 2.45) is 0 Å². The zero-order valence-corrected chi connectivity index (χ0v) is 19.9. The Bertz CT molecular complexity index is 1040. The standard InChI is InChI=1S/C21H27ClN4O3S2/c1-24-10-12-25(13-11-24)19-6-4-16(22)14-18(19)23-20(27)15-17-5-7-21(30-17)31(28,29)26-8-2-3-9-26/h4-7,14H,2-3,8-13,15H2,1H3,(H,23,27). The first kappa shape index (κ1) is 22.5. The summed E-state index contributed by atoms with van der Waals surface area (Å²) in [5.41, 5.74) is 1.64. The number of halogens is 1. The highest BCUT2D eigenvalue weighted by atomic mass is 35.5. The Labute approximate surface area is 192 Å². The molecule has 0 radical (unpaired) electrons. The number of piperazine rings is 1. The van der Waals surface area contributed by atoms with E-state index >= 15 is 0 Å². The molecule has 1 amide bonds. The lowest BCUT2D eigenvalue weighted by Crippen LogP contribution is -2.44. The van der Waals surface area contributed by atoms with Crippen LogP contribution in [-0.2, 0) is 21.2 Å². The number of sulfonamides is 1. The molecule has 0 spiro atoms. The van der Waals surface area contributed by atoms with Crippen molar-refractivity contribution in [3.8, 4) is 0 Å². The lowest BCUT2D eigenvalue weighted by molar-refractivity contribution is -0.115. The SMILES string of the molecule is CN1CCN(c2ccc(Cl)cc2NC(=O)Cc2ccc(S(=O)(=O)N3CCCC3)s2)CC1. The second-order valence-corrected chi connectivity index (χ2v) is 11.8. The van der Waals surface area contributed by atoms with E-state index in [0.717, 1.165) is 49.6 Å². The van der Waals surface area contributed by atoms with E-state index in [1.54, 1.807) is 18.2 Å². The summed E-state index contributed by atoms with van der Waals surface area (Å²) in [7, 11) is -1.35. The molecule has 0 bridgehead atoms. The highest BCUT2D eigenvalue weighted by Gasteiger charge is 2.28. The van der Waals surface area contributed by atoms with E-state index in [1.807, 2.05) is 12.1 Å². The number of hydrogen-bond donors (Lipinski definition) is 1. The minimum absolute atomic E-state index is 0.120. The molecule has 2 aliphatic rings. The fraction of sp³-hybridized carbons (Fsp3) is 0.476. The van der Waals surface area contributed by atoms with Gasteiger partial charge in [-0.25, -0.2) is 8.42 Å². The number of rotatable bonds is 6. The molecule has 1 N–H and O–H groups in total. The summed E-state index contributed by atoms with van der Waals surface area (Å²) in [6.45, 7) is 4.81. The van der Waals surface area contributed by atoms with Crippen LogP contribution < -0.4 is 10.2 Å². The van der Waals surface area contributed by atoms with Gasteiger partial charge in [-0.1, -0.05) is 11.6 Å². The predicted molar refractivity (Wildman–Crippen MR) is 126 cm³/mol. The number of anilines is 2. The number of benzene rings is 1. The van der Waals surface area contributed by atoms with Crippen LogP contribution in [0.25, 0.3) is 0 Å². The number of carbonyl (C=O) groups is 1. The van der Waals surface area contributed by atoms with Crippen LogP contribution in [0.1, 0.15) is 17.7 Å². The molecule has 3 heterocycles. The van der Waals surface area contributed by atoms with Crippen LogP contribution in [0.5, 0.6) is 0 Å². The van der Waals surface area contributed by atoms with Crippen molar-refractivity contribution in [3.05, 3.63) is 40.2 Å². The highest BCUT2D eigenvalue weighted by Crippen LogP contribution is 2.31. The fourth-order valence-electron chi connectivity index (χ4n) is 3.93. The van der Waals surface area contributed by atoms with Crippen molar-refractivity contribution in [2.75, 3.05) is 56.5 Å². The number of thiophene rings is 1. The van der Waals surface area contributed by atoms with Crippen molar-refractivity contribution in [1.82, 2.24) is 9.21 Å². The number of carbonyl (C=O) groups excluding carboxylic acids is 1. The van der Waals surface area contributed by atoms with Gasteiger partial charge in [-0.3, -0.25) is 4.79 Å². The van der Waals surface area contributed by atoms with Crippen LogP contribution in [0.3, 0.4) is 0 Å². The molecule has 2 aromatic rings. The van der Waals surface area contributed by atoms with Gasteiger partial charge in [0.05, 0.1) is 17.8 Å². The molecule has 1 aromatic carbocycles. The first-order valence-corrected chi connectivity index (χ1v) is 13.1. The molecule has 0 aliphatic carbocycles. The van der Waals surface area contributed by atoms with Gasteiger partial charge in [0, 0.05) is 49.2 Å². The van der Waals surface area contributed by atoms with Crippen molar-refractivity contribution in [2.45, 2.75) is 23.5 Å². The zero-order valence-electron chi connectivity index (χ0n) is 17.5. The average molecular weight is 483 g/mol. The summed E-state index contributed by atoms with van der Waals surface area (Å²) in [6.07, 6.45) is 1.92. The lowest BCUT2D eigenvalue weighted by atomic mass is 10.2. The molecule has 2 aliphatic heterocycles. The third kappa shape index (κ3) is 5.23. The Morgan fingerprint density at radius 1 is 1.06 bits per heavy atom. The number of nitrogens with one attached hydrogen (secondary N) is 1. The molecule has 0 saturated carbocycles. The Kier molecular flexibility index (Phi) is 6.88. The predicted octanol–water partition coefficient (Wildman–Crippen LogP) is 3.12. The van der Waals surface area contributed by atoms with E-state index in [4.69, 9.17) is 11.6 Å². The number of amides is 1. The van der Waals surface area contributed by atoms with Crippen molar-refractivity contribution < 1.29 is 13.2 Å². The zero-order chi connectivity index (χ0) is 22.0. The van der Waals surface area contributed by atoms with Gasteiger partial charge in [0.25, 0.3) is 10.0 Å². The average Bonchev–Trinajstić information content (AvgIpc) is 3.42. The maximum Gasteiger partial charge on any atom is 0.252 e. The van der Waals surface area contributed by atoms with Gasteiger partial charge in [0.1, 0.15) is 4.21 Å². The summed E-state index contributed by atoms with van der Waals surface area (Å²) in [4.78, 5) is 18.0. The normalized spacial score (nSPS) is 18.5. The van der Waals surface area contributed by atoms with Crippen LogP contribution >= 0.6 is 22.9 Å². The molecular formula is C21H27ClN4O3S2. The molecular weight excluding hydrogens is 456 g/mol. The minimum Gasteiger partial charge on any atom is -0.367 e. The van der Waals surface area contributed by atoms with Crippen LogP contribution in [0.4, 0.5) is 11.4 Å². The number of nitrogens with zero attached hydrogens (tertiary/aromatic N) is 3. The Hall–Kier alpha value is -1.65. The van der Waals surface area contributed by atoms with E-state index in [1.165, 1.54) is 15.6 Å². The Morgan fingerprint density at radius 2 is 1.77 bits per heavy atom. The largest absolute Gasteiger partial charge is 0.367 e. The van der Waals surface area contributed by atoms with Crippen molar-refractivity contribution in [1.29, 1.82) is 0 Å². The molecule has 10 heteroatoms. The molecule has 0 unspecified atom stereocenters. The second-order valence-electron chi connectivity index (χ2n) is 8.01. The lowest BCUT2D eigenvalue weighted by Gasteiger charge is -2.35. The van der Waals surface area contributed by atoms with Crippen LogP contribution in [0.2, 0.25) is 5.02 Å². The third-order valence-corrected chi connectivity index (χ3v) is 9.39. The van der Waals surface area contributed by atoms with Crippen LogP contribution in [0.15, 0.2) is 34.5 Å². The Balaban J connectivity index is 1.45. The molecule has 168 valence electrons. The monoisotopic (exact) mass is 482 g/mol. The number of hydrogen-bond acceptors (Lipinski definition) is 6. The van der Waals surface area contributed by atoms with Gasteiger partial charge >= 0.3 is 0 Å². The second kappa shape index (κ2) is 9.46. The summed E-state index contributed by atoms with van der Waals surface area (Å²) in [5.74, 6) is -0.190. The first-order chi connectivity index (χ1) is 14.8. The highest BCUT2D eigenvalue weighted by molar-refractivity contribution is 7.91. The molecule has 1 aromatic heterocycles. The summed E-state index contributed by atoms with van der Waals surface area (Å²) < 4.78 is 27.3. The van der Waals surface area contributed by atoms with E-state index in [9.17, 15) is 13.2 Å².